The quantitative estimate of drug-likeness (QED) is 0.515. The third-order valence-electron chi connectivity index (χ3n) is 2.65. The fourth-order valence-electron chi connectivity index (χ4n) is 2.00. The van der Waals surface area contributed by atoms with Crippen LogP contribution in [0.4, 0.5) is 0 Å². The van der Waals surface area contributed by atoms with E-state index < -0.39 is 0 Å². The number of hydrogen-bond donors (Lipinski definition) is 1. The molecule has 1 heteroatoms. The van der Waals surface area contributed by atoms with Gasteiger partial charge < -0.3 is 5.32 Å². The van der Waals surface area contributed by atoms with E-state index in [1.54, 1.807) is 0 Å². The van der Waals surface area contributed by atoms with Gasteiger partial charge in [-0.05, 0) is 31.1 Å². The molecule has 1 saturated heterocycles. The van der Waals surface area contributed by atoms with Gasteiger partial charge in [0, 0.05) is 12.2 Å². The molecule has 0 amide bonds. The van der Waals surface area contributed by atoms with Crippen LogP contribution in [0.15, 0.2) is 12.3 Å². The molecule has 2 bridgehead atoms. The highest BCUT2D eigenvalue weighted by molar-refractivity contribution is 5.06. The first kappa shape index (κ1) is 5.33. The molecule has 2 unspecified atom stereocenters. The smallest absolute Gasteiger partial charge is 0.0172 e. The average molecular weight is 123 g/mol. The molecule has 2 fully saturated rings. The minimum atomic E-state index is 0.823. The Kier molecular flexibility index (Phi) is 1.04. The zero-order chi connectivity index (χ0) is 6.27. The maximum atomic E-state index is 3.98. The van der Waals surface area contributed by atoms with Crippen LogP contribution in [-0.4, -0.2) is 6.54 Å². The van der Waals surface area contributed by atoms with Crippen LogP contribution in [0.2, 0.25) is 0 Å². The largest absolute Gasteiger partial charge is 0.388 e. The molecule has 2 rings (SSSR count). The van der Waals surface area contributed by atoms with Gasteiger partial charge in [-0.1, -0.05) is 6.58 Å². The minimum Gasteiger partial charge on any atom is -0.388 e. The molecule has 1 N–H and O–H groups in total. The SMILES string of the molecule is C=C1NCC2CCC1C2. The molecule has 1 heterocycles. The summed E-state index contributed by atoms with van der Waals surface area (Å²) in [5, 5.41) is 3.35. The molecule has 0 radical (unpaired) electrons. The van der Waals surface area contributed by atoms with Gasteiger partial charge in [-0.15, -0.1) is 0 Å². The second-order valence-electron chi connectivity index (χ2n) is 3.28. The Morgan fingerprint density at radius 1 is 1.44 bits per heavy atom. The third-order valence-corrected chi connectivity index (χ3v) is 2.65. The van der Waals surface area contributed by atoms with E-state index in [2.05, 4.69) is 11.9 Å². The lowest BCUT2D eigenvalue weighted by Gasteiger charge is -2.22. The van der Waals surface area contributed by atoms with Crippen LogP contribution in [0.1, 0.15) is 19.3 Å². The number of piperidine rings is 1. The van der Waals surface area contributed by atoms with E-state index in [0.29, 0.717) is 0 Å². The van der Waals surface area contributed by atoms with Crippen molar-refractivity contribution in [2.75, 3.05) is 6.54 Å². The van der Waals surface area contributed by atoms with Gasteiger partial charge in [0.05, 0.1) is 0 Å². The fourth-order valence-corrected chi connectivity index (χ4v) is 2.00. The van der Waals surface area contributed by atoms with Gasteiger partial charge in [-0.2, -0.15) is 0 Å². The predicted octanol–water partition coefficient (Wildman–Crippen LogP) is 1.52. The van der Waals surface area contributed by atoms with Crippen molar-refractivity contribution in [3.8, 4) is 0 Å². The molecule has 2 aliphatic rings. The van der Waals surface area contributed by atoms with Crippen LogP contribution in [0.3, 0.4) is 0 Å². The summed E-state index contributed by atoms with van der Waals surface area (Å²) >= 11 is 0. The van der Waals surface area contributed by atoms with Crippen LogP contribution in [0.5, 0.6) is 0 Å². The first-order chi connectivity index (χ1) is 4.36. The van der Waals surface area contributed by atoms with E-state index in [4.69, 9.17) is 0 Å². The molecule has 9 heavy (non-hydrogen) atoms. The van der Waals surface area contributed by atoms with Gasteiger partial charge in [0.2, 0.25) is 0 Å². The maximum Gasteiger partial charge on any atom is 0.0172 e. The average Bonchev–Trinajstić information content (AvgIpc) is 2.25. The van der Waals surface area contributed by atoms with Crippen molar-refractivity contribution in [1.82, 2.24) is 5.32 Å². The van der Waals surface area contributed by atoms with E-state index >= 15 is 0 Å². The Morgan fingerprint density at radius 3 is 3.11 bits per heavy atom. The summed E-state index contributed by atoms with van der Waals surface area (Å²) in [4.78, 5) is 0. The molecule has 50 valence electrons. The van der Waals surface area contributed by atoms with E-state index in [9.17, 15) is 0 Å². The first-order valence-electron chi connectivity index (χ1n) is 3.79. The predicted molar refractivity (Wildman–Crippen MR) is 38.0 cm³/mol. The highest BCUT2D eigenvalue weighted by atomic mass is 14.9. The summed E-state index contributed by atoms with van der Waals surface area (Å²) in [7, 11) is 0. The third kappa shape index (κ3) is 0.752. The molecule has 1 aliphatic heterocycles. The Balaban J connectivity index is 2.14. The number of nitrogens with one attached hydrogen (secondary N) is 1. The lowest BCUT2D eigenvalue weighted by molar-refractivity contribution is 0.435. The van der Waals surface area contributed by atoms with Crippen molar-refractivity contribution >= 4 is 0 Å². The van der Waals surface area contributed by atoms with Crippen molar-refractivity contribution in [1.29, 1.82) is 0 Å². The number of hydrogen-bond acceptors (Lipinski definition) is 1. The first-order valence-corrected chi connectivity index (χ1v) is 3.79. The monoisotopic (exact) mass is 123 g/mol. The number of rotatable bonds is 0. The normalized spacial score (nSPS) is 40.7. The number of allylic oxidation sites excluding steroid dienone is 1. The lowest BCUT2D eigenvalue weighted by Crippen LogP contribution is -2.27. The van der Waals surface area contributed by atoms with Gasteiger partial charge in [0.1, 0.15) is 0 Å². The van der Waals surface area contributed by atoms with Crippen molar-refractivity contribution in [2.45, 2.75) is 19.3 Å². The van der Waals surface area contributed by atoms with Crippen molar-refractivity contribution < 1.29 is 0 Å². The highest BCUT2D eigenvalue weighted by Crippen LogP contribution is 2.37. The molecule has 0 aromatic heterocycles. The zero-order valence-electron chi connectivity index (χ0n) is 5.69. The number of fused-ring (bicyclic) bond motifs is 2. The van der Waals surface area contributed by atoms with Gasteiger partial charge in [-0.3, -0.25) is 0 Å². The van der Waals surface area contributed by atoms with E-state index in [0.717, 1.165) is 11.8 Å². The van der Waals surface area contributed by atoms with Crippen molar-refractivity contribution in [3.63, 3.8) is 0 Å². The Labute approximate surface area is 56.1 Å². The topological polar surface area (TPSA) is 12.0 Å². The van der Waals surface area contributed by atoms with E-state index in [1.165, 1.54) is 31.5 Å². The van der Waals surface area contributed by atoms with Crippen molar-refractivity contribution in [3.05, 3.63) is 12.3 Å². The van der Waals surface area contributed by atoms with Crippen LogP contribution in [-0.2, 0) is 0 Å². The second kappa shape index (κ2) is 1.76. The molecule has 1 saturated carbocycles. The van der Waals surface area contributed by atoms with Crippen LogP contribution < -0.4 is 5.32 Å². The Bertz CT molecular complexity index is 140. The molecule has 0 aromatic carbocycles. The van der Waals surface area contributed by atoms with E-state index in [-0.39, 0.29) is 0 Å². The summed E-state index contributed by atoms with van der Waals surface area (Å²) < 4.78 is 0. The maximum absolute atomic E-state index is 3.98. The molecular weight excluding hydrogens is 110 g/mol. The van der Waals surface area contributed by atoms with Crippen LogP contribution >= 0.6 is 0 Å². The molecule has 0 spiro atoms. The van der Waals surface area contributed by atoms with Crippen LogP contribution in [0, 0.1) is 11.8 Å². The van der Waals surface area contributed by atoms with Gasteiger partial charge in [-0.25, -0.2) is 0 Å². The van der Waals surface area contributed by atoms with Gasteiger partial charge in [0.25, 0.3) is 0 Å². The fraction of sp³-hybridized carbons (Fsp3) is 0.750. The van der Waals surface area contributed by atoms with Gasteiger partial charge >= 0.3 is 0 Å². The van der Waals surface area contributed by atoms with Crippen LogP contribution in [0.25, 0.3) is 0 Å². The summed E-state index contributed by atoms with van der Waals surface area (Å²) in [6, 6.07) is 0. The molecule has 0 aromatic rings. The molecule has 1 aliphatic carbocycles. The minimum absolute atomic E-state index is 0.823. The zero-order valence-corrected chi connectivity index (χ0v) is 5.69. The summed E-state index contributed by atoms with van der Waals surface area (Å²) in [6.45, 7) is 5.17. The highest BCUT2D eigenvalue weighted by Gasteiger charge is 2.30. The summed E-state index contributed by atoms with van der Waals surface area (Å²) in [5.74, 6) is 1.80. The lowest BCUT2D eigenvalue weighted by atomic mass is 9.98. The molecule has 1 nitrogen and oxygen atoms in total. The van der Waals surface area contributed by atoms with E-state index in [1.807, 2.05) is 0 Å². The van der Waals surface area contributed by atoms with Crippen molar-refractivity contribution in [2.24, 2.45) is 11.8 Å². The summed E-state index contributed by atoms with van der Waals surface area (Å²) in [6.07, 6.45) is 4.22. The Hall–Kier alpha value is -0.460. The van der Waals surface area contributed by atoms with Gasteiger partial charge in [0.15, 0.2) is 0 Å². The molecular formula is C8H13N. The Morgan fingerprint density at radius 2 is 2.33 bits per heavy atom. The summed E-state index contributed by atoms with van der Waals surface area (Å²) in [5.41, 5.74) is 1.30. The molecule has 2 atom stereocenters. The standard InChI is InChI=1S/C8H13N/c1-6-8-3-2-7(4-8)5-9-6/h7-9H,1-5H2. The second-order valence-corrected chi connectivity index (χ2v) is 3.28.